The van der Waals surface area contributed by atoms with Crippen LogP contribution in [0.25, 0.3) is 0 Å². The molecule has 5 heteroatoms. The van der Waals surface area contributed by atoms with Crippen molar-refractivity contribution < 1.29 is 9.47 Å². The van der Waals surface area contributed by atoms with Crippen molar-refractivity contribution in [2.45, 2.75) is 65.4 Å². The molecule has 0 heterocycles. The highest BCUT2D eigenvalue weighted by molar-refractivity contribution is 6.44. The Morgan fingerprint density at radius 2 is 1.88 bits per heavy atom. The highest BCUT2D eigenvalue weighted by Crippen LogP contribution is 2.39. The van der Waals surface area contributed by atoms with Crippen molar-refractivity contribution in [1.82, 2.24) is 0 Å². The predicted molar refractivity (Wildman–Crippen MR) is 114 cm³/mol. The van der Waals surface area contributed by atoms with Crippen LogP contribution >= 0.6 is 34.8 Å². The Balaban J connectivity index is 2.52. The molecule has 0 radical (unpaired) electrons. The van der Waals surface area contributed by atoms with Crippen LogP contribution in [0.2, 0.25) is 15.1 Å². The first-order chi connectivity index (χ1) is 12.2. The Morgan fingerprint density at radius 1 is 1.19 bits per heavy atom. The van der Waals surface area contributed by atoms with Crippen LogP contribution in [-0.2, 0) is 11.2 Å². The van der Waals surface area contributed by atoms with Gasteiger partial charge >= 0.3 is 0 Å². The SMILES string of the molecule is C=CCc1c(Cl)c(Cl)cc(Cl)c1OCCC(C)CCCC(C)(C)OCC. The van der Waals surface area contributed by atoms with Crippen molar-refractivity contribution in [2.75, 3.05) is 13.2 Å². The average Bonchev–Trinajstić information content (AvgIpc) is 2.55. The van der Waals surface area contributed by atoms with Gasteiger partial charge in [0.1, 0.15) is 5.75 Å². The smallest absolute Gasteiger partial charge is 0.142 e. The van der Waals surface area contributed by atoms with E-state index in [0.29, 0.717) is 39.8 Å². The fourth-order valence-electron chi connectivity index (χ4n) is 2.96. The maximum absolute atomic E-state index is 6.30. The molecule has 0 spiro atoms. The van der Waals surface area contributed by atoms with Gasteiger partial charge in [0.05, 0.1) is 27.3 Å². The van der Waals surface area contributed by atoms with E-state index >= 15 is 0 Å². The van der Waals surface area contributed by atoms with E-state index < -0.39 is 0 Å². The van der Waals surface area contributed by atoms with Gasteiger partial charge in [0.2, 0.25) is 0 Å². The lowest BCUT2D eigenvalue weighted by Gasteiger charge is -2.25. The third-order valence-electron chi connectivity index (χ3n) is 4.44. The van der Waals surface area contributed by atoms with E-state index in [2.05, 4.69) is 27.4 Å². The van der Waals surface area contributed by atoms with Crippen LogP contribution in [0.1, 0.15) is 58.9 Å². The monoisotopic (exact) mass is 420 g/mol. The molecule has 1 atom stereocenters. The van der Waals surface area contributed by atoms with Crippen molar-refractivity contribution in [2.24, 2.45) is 5.92 Å². The summed E-state index contributed by atoms with van der Waals surface area (Å²) < 4.78 is 11.7. The summed E-state index contributed by atoms with van der Waals surface area (Å²) >= 11 is 18.7. The van der Waals surface area contributed by atoms with Gasteiger partial charge in [0, 0.05) is 12.2 Å². The van der Waals surface area contributed by atoms with E-state index in [4.69, 9.17) is 44.3 Å². The summed E-state index contributed by atoms with van der Waals surface area (Å²) in [4.78, 5) is 0. The molecule has 0 amide bonds. The van der Waals surface area contributed by atoms with Crippen molar-refractivity contribution >= 4 is 34.8 Å². The summed E-state index contributed by atoms with van der Waals surface area (Å²) in [5.41, 5.74) is 0.753. The Labute approximate surface area is 173 Å². The molecule has 0 aliphatic carbocycles. The zero-order valence-corrected chi connectivity index (χ0v) is 18.6. The standard InChI is InChI=1S/C21H31Cl3O2/c1-6-9-16-19(24)17(22)14-18(23)20(16)25-13-11-15(3)10-8-12-21(4,5)26-7-2/h6,14-15H,1,7-13H2,2-5H3. The minimum atomic E-state index is -0.0435. The van der Waals surface area contributed by atoms with Crippen LogP contribution in [0.4, 0.5) is 0 Å². The maximum Gasteiger partial charge on any atom is 0.142 e. The summed E-state index contributed by atoms with van der Waals surface area (Å²) in [6, 6.07) is 1.63. The van der Waals surface area contributed by atoms with Crippen molar-refractivity contribution in [3.63, 3.8) is 0 Å². The lowest BCUT2D eigenvalue weighted by molar-refractivity contribution is -0.0183. The first kappa shape index (κ1) is 23.6. The molecule has 0 fully saturated rings. The molecule has 0 saturated carbocycles. The van der Waals surface area contributed by atoms with E-state index in [1.807, 2.05) is 6.92 Å². The molecule has 0 aliphatic rings. The molecule has 148 valence electrons. The first-order valence-corrected chi connectivity index (χ1v) is 10.4. The Hall–Kier alpha value is -0.410. The summed E-state index contributed by atoms with van der Waals surface area (Å²) in [5.74, 6) is 1.18. The summed E-state index contributed by atoms with van der Waals surface area (Å²) in [6.45, 7) is 13.7. The van der Waals surface area contributed by atoms with Crippen LogP contribution in [0.15, 0.2) is 18.7 Å². The molecule has 1 unspecified atom stereocenters. The zero-order valence-electron chi connectivity index (χ0n) is 16.3. The van der Waals surface area contributed by atoms with Crippen molar-refractivity contribution in [1.29, 1.82) is 0 Å². The Morgan fingerprint density at radius 3 is 2.50 bits per heavy atom. The van der Waals surface area contributed by atoms with Crippen LogP contribution in [-0.4, -0.2) is 18.8 Å². The number of hydrogen-bond acceptors (Lipinski definition) is 2. The third-order valence-corrected chi connectivity index (χ3v) is 5.54. The van der Waals surface area contributed by atoms with E-state index in [9.17, 15) is 0 Å². The van der Waals surface area contributed by atoms with Gasteiger partial charge in [0.25, 0.3) is 0 Å². The molecule has 0 aromatic heterocycles. The highest BCUT2D eigenvalue weighted by atomic mass is 35.5. The predicted octanol–water partition coefficient (Wildman–Crippen LogP) is 7.77. The van der Waals surface area contributed by atoms with Gasteiger partial charge in [-0.1, -0.05) is 60.6 Å². The summed E-state index contributed by atoms with van der Waals surface area (Å²) in [5, 5.41) is 1.41. The van der Waals surface area contributed by atoms with Crippen LogP contribution in [0.3, 0.4) is 0 Å². The van der Waals surface area contributed by atoms with Crippen LogP contribution in [0.5, 0.6) is 5.75 Å². The van der Waals surface area contributed by atoms with Gasteiger partial charge < -0.3 is 9.47 Å². The fraction of sp³-hybridized carbons (Fsp3) is 0.619. The molecule has 2 nitrogen and oxygen atoms in total. The van der Waals surface area contributed by atoms with Gasteiger partial charge in [-0.2, -0.15) is 0 Å². The molecule has 0 saturated heterocycles. The second kappa shape index (κ2) is 11.4. The maximum atomic E-state index is 6.30. The van der Waals surface area contributed by atoms with E-state index in [1.54, 1.807) is 12.1 Å². The second-order valence-corrected chi connectivity index (χ2v) is 8.47. The third kappa shape index (κ3) is 7.68. The van der Waals surface area contributed by atoms with Crippen LogP contribution < -0.4 is 4.74 Å². The van der Waals surface area contributed by atoms with Crippen LogP contribution in [0, 0.1) is 5.92 Å². The molecule has 0 N–H and O–H groups in total. The number of rotatable bonds is 12. The molecular formula is C21H31Cl3O2. The average molecular weight is 422 g/mol. The lowest BCUT2D eigenvalue weighted by atomic mass is 9.95. The molecule has 1 rings (SSSR count). The number of hydrogen-bond donors (Lipinski definition) is 0. The molecule has 1 aromatic rings. The van der Waals surface area contributed by atoms with Crippen molar-refractivity contribution in [3.8, 4) is 5.75 Å². The minimum Gasteiger partial charge on any atom is -0.492 e. The van der Waals surface area contributed by atoms with E-state index in [1.165, 1.54) is 0 Å². The van der Waals surface area contributed by atoms with Gasteiger partial charge in [-0.3, -0.25) is 0 Å². The highest BCUT2D eigenvalue weighted by Gasteiger charge is 2.18. The first-order valence-electron chi connectivity index (χ1n) is 9.25. The summed E-state index contributed by atoms with van der Waals surface area (Å²) in [6.07, 6.45) is 6.64. The number of benzene rings is 1. The zero-order chi connectivity index (χ0) is 19.7. The van der Waals surface area contributed by atoms with Gasteiger partial charge in [-0.15, -0.1) is 6.58 Å². The van der Waals surface area contributed by atoms with Gasteiger partial charge in [0.15, 0.2) is 0 Å². The number of ether oxygens (including phenoxy) is 2. The lowest BCUT2D eigenvalue weighted by Crippen LogP contribution is -2.24. The summed E-state index contributed by atoms with van der Waals surface area (Å²) in [7, 11) is 0. The van der Waals surface area contributed by atoms with Gasteiger partial charge in [-0.05, 0) is 52.0 Å². The molecule has 1 aromatic carbocycles. The Kier molecular flexibility index (Phi) is 10.4. The quantitative estimate of drug-likeness (QED) is 0.253. The van der Waals surface area contributed by atoms with Gasteiger partial charge in [-0.25, -0.2) is 0 Å². The molecule has 0 bridgehead atoms. The Bertz CT molecular complexity index is 585. The normalized spacial score (nSPS) is 12.9. The second-order valence-electron chi connectivity index (χ2n) is 7.28. The van der Waals surface area contributed by atoms with E-state index in [-0.39, 0.29) is 5.60 Å². The minimum absolute atomic E-state index is 0.0435. The number of halogens is 3. The van der Waals surface area contributed by atoms with Crippen molar-refractivity contribution in [3.05, 3.63) is 39.4 Å². The van der Waals surface area contributed by atoms with E-state index in [0.717, 1.165) is 37.9 Å². The largest absolute Gasteiger partial charge is 0.492 e. The number of allylic oxidation sites excluding steroid dienone is 1. The topological polar surface area (TPSA) is 18.5 Å². The molecule has 26 heavy (non-hydrogen) atoms. The fourth-order valence-corrected chi connectivity index (χ4v) is 3.73. The molecular weight excluding hydrogens is 391 g/mol. The molecule has 0 aliphatic heterocycles.